The molecule has 4 nitrogen and oxygen atoms in total. The minimum Gasteiger partial charge on any atom is -0.396 e. The predicted octanol–water partition coefficient (Wildman–Crippen LogP) is 3.06. The first-order chi connectivity index (χ1) is 10.9. The Hall–Kier alpha value is -1.94. The number of nitrogens with one attached hydrogen (secondary N) is 1. The summed E-state index contributed by atoms with van der Waals surface area (Å²) in [5.74, 6) is -0.0221. The van der Waals surface area contributed by atoms with E-state index in [9.17, 15) is 9.90 Å². The Bertz CT molecular complexity index is 712. The van der Waals surface area contributed by atoms with Gasteiger partial charge < -0.3 is 10.4 Å². The second-order valence-electron chi connectivity index (χ2n) is 6.43. The van der Waals surface area contributed by atoms with Crippen molar-refractivity contribution in [2.24, 2.45) is 0 Å². The lowest BCUT2D eigenvalue weighted by atomic mass is 9.93. The Kier molecular flexibility index (Phi) is 5.37. The molecule has 0 aliphatic carbocycles. The van der Waals surface area contributed by atoms with E-state index < -0.39 is 0 Å². The lowest BCUT2D eigenvalue weighted by Crippen LogP contribution is -2.46. The number of carbonyl (C=O) groups is 1. The Morgan fingerprint density at radius 2 is 2.00 bits per heavy atom. The molecule has 2 N–H and O–H groups in total. The Balaban J connectivity index is 2.26. The molecule has 0 spiro atoms. The van der Waals surface area contributed by atoms with Crippen LogP contribution in [-0.4, -0.2) is 28.1 Å². The number of carbonyl (C=O) groups excluding carboxylic acids is 1. The molecule has 1 amide bonds. The molecule has 2 aromatic rings. The van der Waals surface area contributed by atoms with Crippen molar-refractivity contribution >= 4 is 16.8 Å². The summed E-state index contributed by atoms with van der Waals surface area (Å²) in [4.78, 5) is 17.1. The molecule has 0 radical (unpaired) electrons. The molecule has 0 saturated heterocycles. The fourth-order valence-electron chi connectivity index (χ4n) is 2.95. The molecular weight excluding hydrogens is 288 g/mol. The zero-order chi connectivity index (χ0) is 17.0. The van der Waals surface area contributed by atoms with Crippen molar-refractivity contribution in [1.82, 2.24) is 10.3 Å². The van der Waals surface area contributed by atoms with Crippen LogP contribution in [-0.2, 0) is 11.2 Å². The number of amides is 1. The number of para-hydroxylation sites is 1. The van der Waals surface area contributed by atoms with Gasteiger partial charge in [0.1, 0.15) is 0 Å². The number of aromatic nitrogens is 1. The fourth-order valence-corrected chi connectivity index (χ4v) is 2.95. The average Bonchev–Trinajstić information content (AvgIpc) is 2.51. The molecule has 0 saturated carbocycles. The molecule has 124 valence electrons. The first-order valence-electron chi connectivity index (χ1n) is 8.17. The highest BCUT2D eigenvalue weighted by Gasteiger charge is 2.24. The van der Waals surface area contributed by atoms with Crippen molar-refractivity contribution in [3.8, 4) is 0 Å². The van der Waals surface area contributed by atoms with Crippen LogP contribution in [0.4, 0.5) is 0 Å². The highest BCUT2D eigenvalue weighted by molar-refractivity contribution is 5.86. The summed E-state index contributed by atoms with van der Waals surface area (Å²) >= 11 is 0. The van der Waals surface area contributed by atoms with Gasteiger partial charge in [-0.3, -0.25) is 9.78 Å². The van der Waals surface area contributed by atoms with Crippen molar-refractivity contribution < 1.29 is 9.90 Å². The maximum absolute atomic E-state index is 12.5. The summed E-state index contributed by atoms with van der Waals surface area (Å²) < 4.78 is 0. The van der Waals surface area contributed by atoms with Gasteiger partial charge in [0.05, 0.1) is 11.9 Å². The molecule has 1 atom stereocenters. The number of hydrogen-bond acceptors (Lipinski definition) is 3. The quantitative estimate of drug-likeness (QED) is 0.861. The number of aliphatic hydroxyl groups is 1. The zero-order valence-electron chi connectivity index (χ0n) is 14.4. The third-order valence-corrected chi connectivity index (χ3v) is 4.71. The zero-order valence-corrected chi connectivity index (χ0v) is 14.4. The van der Waals surface area contributed by atoms with Gasteiger partial charge >= 0.3 is 0 Å². The number of fused-ring (bicyclic) bond motifs is 1. The van der Waals surface area contributed by atoms with Crippen LogP contribution in [0.5, 0.6) is 0 Å². The highest BCUT2D eigenvalue weighted by atomic mass is 16.3. The molecule has 1 heterocycles. The van der Waals surface area contributed by atoms with E-state index in [0.717, 1.165) is 34.1 Å². The third-order valence-electron chi connectivity index (χ3n) is 4.71. The van der Waals surface area contributed by atoms with E-state index >= 15 is 0 Å². The average molecular weight is 314 g/mol. The van der Waals surface area contributed by atoms with Gasteiger partial charge in [0.2, 0.25) is 5.91 Å². The normalized spacial score (nSPS) is 13.8. The topological polar surface area (TPSA) is 62.2 Å². The van der Waals surface area contributed by atoms with Crippen molar-refractivity contribution in [2.75, 3.05) is 6.61 Å². The summed E-state index contributed by atoms with van der Waals surface area (Å²) in [7, 11) is 0. The molecule has 4 heteroatoms. The van der Waals surface area contributed by atoms with E-state index in [1.54, 1.807) is 0 Å². The maximum atomic E-state index is 12.5. The van der Waals surface area contributed by atoms with Gasteiger partial charge in [-0.05, 0) is 50.8 Å². The van der Waals surface area contributed by atoms with Crippen LogP contribution in [0.2, 0.25) is 0 Å². The van der Waals surface area contributed by atoms with Crippen LogP contribution in [0.25, 0.3) is 10.9 Å². The minimum atomic E-state index is -0.363. The summed E-state index contributed by atoms with van der Waals surface area (Å²) in [6, 6.07) is 8.00. The Morgan fingerprint density at radius 3 is 2.65 bits per heavy atom. The van der Waals surface area contributed by atoms with Gasteiger partial charge in [0, 0.05) is 23.2 Å². The molecule has 1 aromatic heterocycles. The lowest BCUT2D eigenvalue weighted by Gasteiger charge is -2.29. The molecule has 0 aliphatic rings. The van der Waals surface area contributed by atoms with Crippen LogP contribution >= 0.6 is 0 Å². The summed E-state index contributed by atoms with van der Waals surface area (Å²) in [6.07, 6.45) is 1.66. The number of aryl methyl sites for hydroxylation is 2. The second-order valence-corrected chi connectivity index (χ2v) is 6.43. The maximum Gasteiger partial charge on any atom is 0.224 e. The van der Waals surface area contributed by atoms with Crippen LogP contribution in [0, 0.1) is 13.8 Å². The van der Waals surface area contributed by atoms with Gasteiger partial charge in [-0.25, -0.2) is 0 Å². The number of rotatable bonds is 6. The summed E-state index contributed by atoms with van der Waals surface area (Å²) in [5, 5.41) is 13.3. The van der Waals surface area contributed by atoms with Gasteiger partial charge in [0.25, 0.3) is 0 Å². The smallest absolute Gasteiger partial charge is 0.224 e. The number of benzene rings is 1. The molecule has 1 unspecified atom stereocenters. The molecule has 23 heavy (non-hydrogen) atoms. The first kappa shape index (κ1) is 17.4. The Labute approximate surface area is 137 Å². The van der Waals surface area contributed by atoms with Gasteiger partial charge in [-0.2, -0.15) is 0 Å². The standard InChI is InChI=1S/C19H26N2O2/c1-5-19(4,10-11-22)21-18(23)12-16-13(2)15-8-6-7-9-17(15)20-14(16)3/h6-9,22H,5,10-12H2,1-4H3,(H,21,23). The summed E-state index contributed by atoms with van der Waals surface area (Å²) in [6.45, 7) is 8.06. The van der Waals surface area contributed by atoms with E-state index in [-0.39, 0.29) is 18.1 Å². The van der Waals surface area contributed by atoms with Crippen molar-refractivity contribution in [3.63, 3.8) is 0 Å². The van der Waals surface area contributed by atoms with Gasteiger partial charge in [0.15, 0.2) is 0 Å². The summed E-state index contributed by atoms with van der Waals surface area (Å²) in [5.41, 5.74) is 3.60. The van der Waals surface area contributed by atoms with Crippen molar-refractivity contribution in [3.05, 3.63) is 41.1 Å². The van der Waals surface area contributed by atoms with E-state index in [0.29, 0.717) is 12.8 Å². The highest BCUT2D eigenvalue weighted by Crippen LogP contribution is 2.23. The van der Waals surface area contributed by atoms with Gasteiger partial charge in [-0.1, -0.05) is 25.1 Å². The van der Waals surface area contributed by atoms with E-state index in [2.05, 4.69) is 10.3 Å². The van der Waals surface area contributed by atoms with E-state index in [1.807, 2.05) is 52.0 Å². The predicted molar refractivity (Wildman–Crippen MR) is 93.5 cm³/mol. The molecule has 0 aliphatic heterocycles. The number of nitrogens with zero attached hydrogens (tertiary/aromatic N) is 1. The second kappa shape index (κ2) is 7.09. The van der Waals surface area contributed by atoms with E-state index in [4.69, 9.17) is 0 Å². The number of pyridine rings is 1. The van der Waals surface area contributed by atoms with Crippen LogP contribution < -0.4 is 5.32 Å². The molecule has 2 rings (SSSR count). The van der Waals surface area contributed by atoms with Gasteiger partial charge in [-0.15, -0.1) is 0 Å². The first-order valence-corrected chi connectivity index (χ1v) is 8.17. The lowest BCUT2D eigenvalue weighted by molar-refractivity contribution is -0.122. The number of aliphatic hydroxyl groups excluding tert-OH is 1. The molecule has 0 fully saturated rings. The van der Waals surface area contributed by atoms with Crippen LogP contribution in [0.3, 0.4) is 0 Å². The van der Waals surface area contributed by atoms with E-state index in [1.165, 1.54) is 0 Å². The molecular formula is C19H26N2O2. The minimum absolute atomic E-state index is 0.0221. The van der Waals surface area contributed by atoms with Crippen molar-refractivity contribution in [2.45, 2.75) is 52.5 Å². The molecule has 0 bridgehead atoms. The SMILES string of the molecule is CCC(C)(CCO)NC(=O)Cc1c(C)nc2ccccc2c1C. The Morgan fingerprint density at radius 1 is 1.30 bits per heavy atom. The van der Waals surface area contributed by atoms with Crippen LogP contribution in [0.1, 0.15) is 43.5 Å². The fraction of sp³-hybridized carbons (Fsp3) is 0.474. The monoisotopic (exact) mass is 314 g/mol. The molecule has 1 aromatic carbocycles. The largest absolute Gasteiger partial charge is 0.396 e. The van der Waals surface area contributed by atoms with Crippen molar-refractivity contribution in [1.29, 1.82) is 0 Å². The number of hydrogen-bond donors (Lipinski definition) is 2. The van der Waals surface area contributed by atoms with Crippen LogP contribution in [0.15, 0.2) is 24.3 Å². The third kappa shape index (κ3) is 3.88.